The Morgan fingerprint density at radius 1 is 1.22 bits per heavy atom. The van der Waals surface area contributed by atoms with Gasteiger partial charge in [0.15, 0.2) is 0 Å². The van der Waals surface area contributed by atoms with E-state index in [1.165, 1.54) is 0 Å². The summed E-state index contributed by atoms with van der Waals surface area (Å²) in [5.74, 6) is -1.25. The Morgan fingerprint density at radius 3 is 2.06 bits per heavy atom. The van der Waals surface area contributed by atoms with E-state index in [0.717, 1.165) is 6.42 Å². The Bertz CT molecular complexity index is 349. The number of carbonyl (C=O) groups is 2. The second-order valence-corrected chi connectivity index (χ2v) is 6.54. The van der Waals surface area contributed by atoms with Gasteiger partial charge in [0.2, 0.25) is 5.91 Å². The SMILES string of the molecule is CC(C)CC(C)N(C)C(=O)[C@H]1[C@@H](C(=O)O)C1(C)C. The summed E-state index contributed by atoms with van der Waals surface area (Å²) >= 11 is 0. The predicted octanol–water partition coefficient (Wildman–Crippen LogP) is 2.24. The fraction of sp³-hybridized carbons (Fsp3) is 0.857. The molecule has 1 amide bonds. The summed E-state index contributed by atoms with van der Waals surface area (Å²) in [6.07, 6.45) is 0.938. The monoisotopic (exact) mass is 255 g/mol. The first-order valence-corrected chi connectivity index (χ1v) is 6.60. The summed E-state index contributed by atoms with van der Waals surface area (Å²) < 4.78 is 0. The fourth-order valence-corrected chi connectivity index (χ4v) is 2.84. The summed E-state index contributed by atoms with van der Waals surface area (Å²) in [6.45, 7) is 9.97. The molecular weight excluding hydrogens is 230 g/mol. The number of carboxylic acids is 1. The molecule has 1 unspecified atom stereocenters. The lowest BCUT2D eigenvalue weighted by Crippen LogP contribution is -2.38. The molecule has 0 aromatic rings. The molecule has 0 heterocycles. The second-order valence-electron chi connectivity index (χ2n) is 6.54. The third-order valence-electron chi connectivity index (χ3n) is 4.18. The Morgan fingerprint density at radius 2 is 1.72 bits per heavy atom. The van der Waals surface area contributed by atoms with Gasteiger partial charge in [-0.15, -0.1) is 0 Å². The smallest absolute Gasteiger partial charge is 0.307 e. The Kier molecular flexibility index (Phi) is 4.08. The van der Waals surface area contributed by atoms with Crippen LogP contribution >= 0.6 is 0 Å². The fourth-order valence-electron chi connectivity index (χ4n) is 2.84. The van der Waals surface area contributed by atoms with E-state index in [2.05, 4.69) is 13.8 Å². The van der Waals surface area contributed by atoms with Gasteiger partial charge in [-0.25, -0.2) is 0 Å². The number of aliphatic carboxylic acids is 1. The van der Waals surface area contributed by atoms with Gasteiger partial charge in [-0.2, -0.15) is 0 Å². The third kappa shape index (κ3) is 2.68. The molecule has 0 aromatic carbocycles. The van der Waals surface area contributed by atoms with Crippen molar-refractivity contribution in [3.8, 4) is 0 Å². The van der Waals surface area contributed by atoms with E-state index in [1.807, 2.05) is 20.8 Å². The predicted molar refractivity (Wildman–Crippen MR) is 70.1 cm³/mol. The molecule has 4 nitrogen and oxygen atoms in total. The molecular formula is C14H25NO3. The first-order valence-electron chi connectivity index (χ1n) is 6.60. The first kappa shape index (κ1) is 15.0. The number of nitrogens with zero attached hydrogens (tertiary/aromatic N) is 1. The van der Waals surface area contributed by atoms with Crippen molar-refractivity contribution in [3.63, 3.8) is 0 Å². The zero-order chi connectivity index (χ0) is 14.2. The van der Waals surface area contributed by atoms with Gasteiger partial charge in [-0.3, -0.25) is 9.59 Å². The number of hydrogen-bond donors (Lipinski definition) is 1. The van der Waals surface area contributed by atoms with E-state index in [1.54, 1.807) is 11.9 Å². The number of carboxylic acid groups (broad SMARTS) is 1. The van der Waals surface area contributed by atoms with Crippen LogP contribution in [0.5, 0.6) is 0 Å². The zero-order valence-corrected chi connectivity index (χ0v) is 12.2. The van der Waals surface area contributed by atoms with Gasteiger partial charge in [-0.1, -0.05) is 27.7 Å². The zero-order valence-electron chi connectivity index (χ0n) is 12.2. The first-order chi connectivity index (χ1) is 8.10. The van der Waals surface area contributed by atoms with Gasteiger partial charge < -0.3 is 10.0 Å². The van der Waals surface area contributed by atoms with Gasteiger partial charge in [0.1, 0.15) is 0 Å². The number of amides is 1. The molecule has 0 aliphatic heterocycles. The van der Waals surface area contributed by atoms with E-state index in [9.17, 15) is 9.59 Å². The molecule has 1 aliphatic carbocycles. The third-order valence-corrected chi connectivity index (χ3v) is 4.18. The Labute approximate surface area is 109 Å². The minimum atomic E-state index is -0.858. The van der Waals surface area contributed by atoms with Crippen molar-refractivity contribution >= 4 is 11.9 Å². The van der Waals surface area contributed by atoms with Gasteiger partial charge >= 0.3 is 5.97 Å². The van der Waals surface area contributed by atoms with Gasteiger partial charge in [0, 0.05) is 13.1 Å². The lowest BCUT2D eigenvalue weighted by molar-refractivity contribution is -0.142. The van der Waals surface area contributed by atoms with Gasteiger partial charge in [-0.05, 0) is 24.7 Å². The molecule has 0 saturated heterocycles. The van der Waals surface area contributed by atoms with Crippen molar-refractivity contribution in [1.29, 1.82) is 0 Å². The number of rotatable bonds is 5. The van der Waals surface area contributed by atoms with E-state index in [-0.39, 0.29) is 17.9 Å². The van der Waals surface area contributed by atoms with E-state index < -0.39 is 17.3 Å². The van der Waals surface area contributed by atoms with Crippen molar-refractivity contribution in [2.24, 2.45) is 23.2 Å². The molecule has 3 atom stereocenters. The summed E-state index contributed by atoms with van der Waals surface area (Å²) in [5.41, 5.74) is -0.408. The molecule has 1 fully saturated rings. The largest absolute Gasteiger partial charge is 0.481 e. The number of hydrogen-bond acceptors (Lipinski definition) is 2. The lowest BCUT2D eigenvalue weighted by Gasteiger charge is -2.27. The molecule has 1 saturated carbocycles. The average Bonchev–Trinajstić information content (AvgIpc) is 2.78. The Hall–Kier alpha value is -1.06. The molecule has 18 heavy (non-hydrogen) atoms. The van der Waals surface area contributed by atoms with E-state index in [0.29, 0.717) is 5.92 Å². The maximum atomic E-state index is 12.3. The topological polar surface area (TPSA) is 57.6 Å². The summed E-state index contributed by atoms with van der Waals surface area (Å²) in [5, 5.41) is 9.10. The van der Waals surface area contributed by atoms with Crippen molar-refractivity contribution in [2.75, 3.05) is 7.05 Å². The molecule has 1 aliphatic rings. The van der Waals surface area contributed by atoms with Crippen LogP contribution in [0, 0.1) is 23.2 Å². The van der Waals surface area contributed by atoms with Crippen LogP contribution in [0.2, 0.25) is 0 Å². The molecule has 0 spiro atoms. The highest BCUT2D eigenvalue weighted by molar-refractivity contribution is 5.91. The molecule has 0 aromatic heterocycles. The van der Waals surface area contributed by atoms with Crippen LogP contribution in [0.1, 0.15) is 41.0 Å². The quantitative estimate of drug-likeness (QED) is 0.819. The number of carbonyl (C=O) groups excluding carboxylic acids is 1. The van der Waals surface area contributed by atoms with Crippen LogP contribution in [0.25, 0.3) is 0 Å². The maximum absolute atomic E-state index is 12.3. The summed E-state index contributed by atoms with van der Waals surface area (Å²) in [4.78, 5) is 25.1. The summed E-state index contributed by atoms with van der Waals surface area (Å²) in [7, 11) is 1.78. The minimum Gasteiger partial charge on any atom is -0.481 e. The molecule has 1 N–H and O–H groups in total. The van der Waals surface area contributed by atoms with Crippen LogP contribution in [0.4, 0.5) is 0 Å². The van der Waals surface area contributed by atoms with E-state index >= 15 is 0 Å². The molecule has 1 rings (SSSR count). The highest BCUT2D eigenvalue weighted by Gasteiger charge is 2.66. The van der Waals surface area contributed by atoms with Gasteiger partial charge in [0.05, 0.1) is 11.8 Å². The average molecular weight is 255 g/mol. The maximum Gasteiger partial charge on any atom is 0.307 e. The minimum absolute atomic E-state index is 0.0273. The van der Waals surface area contributed by atoms with E-state index in [4.69, 9.17) is 5.11 Å². The highest BCUT2D eigenvalue weighted by Crippen LogP contribution is 2.59. The van der Waals surface area contributed by atoms with Crippen molar-refractivity contribution in [2.45, 2.75) is 47.1 Å². The molecule has 0 radical (unpaired) electrons. The Balaban J connectivity index is 2.69. The molecule has 104 valence electrons. The van der Waals surface area contributed by atoms with Crippen LogP contribution in [-0.4, -0.2) is 35.0 Å². The highest BCUT2D eigenvalue weighted by atomic mass is 16.4. The van der Waals surface area contributed by atoms with Crippen LogP contribution in [0.3, 0.4) is 0 Å². The summed E-state index contributed by atoms with van der Waals surface area (Å²) in [6, 6.07) is 0.156. The van der Waals surface area contributed by atoms with Crippen molar-refractivity contribution < 1.29 is 14.7 Å². The second kappa shape index (κ2) is 4.90. The van der Waals surface area contributed by atoms with Gasteiger partial charge in [0.25, 0.3) is 0 Å². The molecule has 0 bridgehead atoms. The molecule has 4 heteroatoms. The van der Waals surface area contributed by atoms with Crippen LogP contribution in [-0.2, 0) is 9.59 Å². The van der Waals surface area contributed by atoms with Crippen LogP contribution in [0.15, 0.2) is 0 Å². The lowest BCUT2D eigenvalue weighted by atomic mass is 10.0. The van der Waals surface area contributed by atoms with Crippen LogP contribution < -0.4 is 0 Å². The normalized spacial score (nSPS) is 26.8. The van der Waals surface area contributed by atoms with Crippen molar-refractivity contribution in [1.82, 2.24) is 4.90 Å². The van der Waals surface area contributed by atoms with Crippen molar-refractivity contribution in [3.05, 3.63) is 0 Å². The standard InChI is InChI=1S/C14H25NO3/c1-8(2)7-9(3)15(6)12(16)10-11(13(17)18)14(10,4)5/h8-11H,7H2,1-6H3,(H,17,18)/t9?,10-,11+/m1/s1.